The zero-order valence-electron chi connectivity index (χ0n) is 23.5. The normalized spacial score (nSPS) is 21.5. The van der Waals surface area contributed by atoms with Gasteiger partial charge in [0.2, 0.25) is 5.91 Å². The van der Waals surface area contributed by atoms with Gasteiger partial charge in [0.1, 0.15) is 11.7 Å². The molecule has 2 unspecified atom stereocenters. The van der Waals surface area contributed by atoms with Crippen molar-refractivity contribution in [2.24, 2.45) is 0 Å². The second kappa shape index (κ2) is 12.7. The van der Waals surface area contributed by atoms with Crippen LogP contribution >= 0.6 is 0 Å². The van der Waals surface area contributed by atoms with Crippen LogP contribution in [0.4, 0.5) is 24.5 Å². The third-order valence-electron chi connectivity index (χ3n) is 7.77. The minimum atomic E-state index is -4.50. The number of hydroxylamine groups is 2. The molecule has 2 atom stereocenters. The van der Waals surface area contributed by atoms with Gasteiger partial charge in [0.05, 0.1) is 11.3 Å². The topological polar surface area (TPSA) is 135 Å². The van der Waals surface area contributed by atoms with Crippen LogP contribution in [0.2, 0.25) is 0 Å². The van der Waals surface area contributed by atoms with Crippen molar-refractivity contribution in [2.45, 2.75) is 43.6 Å². The maximum Gasteiger partial charge on any atom is 0.416 e. The highest BCUT2D eigenvalue weighted by atomic mass is 19.4. The number of anilines is 2. The van der Waals surface area contributed by atoms with Crippen molar-refractivity contribution in [1.29, 1.82) is 0 Å². The van der Waals surface area contributed by atoms with Crippen molar-refractivity contribution in [2.75, 3.05) is 23.7 Å². The Labute approximate surface area is 251 Å². The maximum atomic E-state index is 13.2. The third kappa shape index (κ3) is 7.05. The highest BCUT2D eigenvalue weighted by Gasteiger charge is 2.33. The Kier molecular flexibility index (Phi) is 8.97. The van der Waals surface area contributed by atoms with Crippen LogP contribution in [0.25, 0.3) is 5.57 Å². The van der Waals surface area contributed by atoms with Crippen molar-refractivity contribution in [3.8, 4) is 0 Å². The van der Waals surface area contributed by atoms with Gasteiger partial charge in [-0.3, -0.25) is 14.6 Å². The molecule has 2 amide bonds. The molecule has 230 valence electrons. The van der Waals surface area contributed by atoms with Crippen LogP contribution < -0.4 is 10.6 Å². The molecule has 0 saturated carbocycles. The van der Waals surface area contributed by atoms with Gasteiger partial charge >= 0.3 is 6.18 Å². The summed E-state index contributed by atoms with van der Waals surface area (Å²) in [4.78, 5) is 29.1. The number of aromatic nitrogens is 1. The van der Waals surface area contributed by atoms with Crippen LogP contribution in [0.1, 0.15) is 47.2 Å². The molecule has 44 heavy (non-hydrogen) atoms. The number of hydrogen-bond acceptors (Lipinski definition) is 7. The van der Waals surface area contributed by atoms with E-state index in [9.17, 15) is 38.2 Å². The Morgan fingerprint density at radius 1 is 1.07 bits per heavy atom. The van der Waals surface area contributed by atoms with Crippen molar-refractivity contribution in [3.63, 3.8) is 0 Å². The molecule has 0 bridgehead atoms. The number of allylic oxidation sites excluding steroid dienone is 2. The Bertz CT molecular complexity index is 1590. The average molecular weight is 609 g/mol. The standard InChI is InChI=1S/C32H31F3N4O5/c33-32(34,35)22-11-8-20(9-12-22)23(21-10-13-28(36-19-21)31(43)14-3-16-39(44)17-15-31)4-1-7-29(41)37-25-5-2-6-26-24(25)18-27(40)30(42)38-26/h1-2,4-13,19,27,40,43-44H,3,14-18H2,(H,37,41)(H,38,42)/b7-1+,23-4+. The smallest absolute Gasteiger partial charge is 0.384 e. The zero-order chi connectivity index (χ0) is 31.5. The summed E-state index contributed by atoms with van der Waals surface area (Å²) in [6.45, 7) is 0.719. The second-order valence-corrected chi connectivity index (χ2v) is 10.8. The molecule has 5 rings (SSSR count). The molecule has 0 spiro atoms. The lowest BCUT2D eigenvalue weighted by molar-refractivity contribution is -0.137. The molecule has 12 heteroatoms. The first-order chi connectivity index (χ1) is 20.9. The van der Waals surface area contributed by atoms with E-state index in [4.69, 9.17) is 0 Å². The number of nitrogens with one attached hydrogen (secondary N) is 2. The van der Waals surface area contributed by atoms with Gasteiger partial charge < -0.3 is 26.1 Å². The quantitative estimate of drug-likeness (QED) is 0.203. The van der Waals surface area contributed by atoms with Gasteiger partial charge in [-0.1, -0.05) is 36.4 Å². The third-order valence-corrected chi connectivity index (χ3v) is 7.77. The van der Waals surface area contributed by atoms with Crippen molar-refractivity contribution >= 4 is 28.8 Å². The fourth-order valence-corrected chi connectivity index (χ4v) is 5.34. The van der Waals surface area contributed by atoms with Crippen LogP contribution in [0.3, 0.4) is 0 Å². The first-order valence-corrected chi connectivity index (χ1v) is 14.0. The summed E-state index contributed by atoms with van der Waals surface area (Å²) in [6.07, 6.45) is 1.35. The number of nitrogens with zero attached hydrogens (tertiary/aromatic N) is 2. The molecule has 2 aromatic carbocycles. The number of hydrogen-bond donors (Lipinski definition) is 5. The SMILES string of the molecule is O=C(/C=C/C=C(\c1ccc(C(F)(F)F)cc1)c1ccc(C2(O)CCCN(O)CC2)nc1)Nc1cccc2c1CC(O)C(=O)N2. The lowest BCUT2D eigenvalue weighted by atomic mass is 9.89. The summed E-state index contributed by atoms with van der Waals surface area (Å²) < 4.78 is 39.6. The van der Waals surface area contributed by atoms with E-state index in [0.29, 0.717) is 58.7 Å². The number of alkyl halides is 3. The van der Waals surface area contributed by atoms with E-state index in [-0.39, 0.29) is 19.4 Å². The van der Waals surface area contributed by atoms with Gasteiger partial charge in [-0.25, -0.2) is 0 Å². The number of aliphatic hydroxyl groups is 2. The van der Waals surface area contributed by atoms with Crippen LogP contribution in [-0.4, -0.2) is 56.5 Å². The summed E-state index contributed by atoms with van der Waals surface area (Å²) in [6, 6.07) is 12.9. The Hall–Kier alpha value is -4.36. The predicted molar refractivity (Wildman–Crippen MR) is 156 cm³/mol. The van der Waals surface area contributed by atoms with Crippen molar-refractivity contribution in [3.05, 3.63) is 107 Å². The molecule has 9 nitrogen and oxygen atoms in total. The molecule has 2 aliphatic heterocycles. The van der Waals surface area contributed by atoms with E-state index >= 15 is 0 Å². The first-order valence-electron chi connectivity index (χ1n) is 14.0. The molecule has 3 aromatic rings. The lowest BCUT2D eigenvalue weighted by Crippen LogP contribution is -2.34. The summed E-state index contributed by atoms with van der Waals surface area (Å²) in [5.74, 6) is -1.03. The largest absolute Gasteiger partial charge is 0.416 e. The molecule has 1 saturated heterocycles. The summed E-state index contributed by atoms with van der Waals surface area (Å²) in [5.41, 5.74) is 1.35. The highest BCUT2D eigenvalue weighted by Crippen LogP contribution is 2.34. The fraction of sp³-hybridized carbons (Fsp3) is 0.281. The summed E-state index contributed by atoms with van der Waals surface area (Å²) in [7, 11) is 0. The van der Waals surface area contributed by atoms with Gasteiger partial charge in [-0.2, -0.15) is 18.2 Å². The van der Waals surface area contributed by atoms with Crippen molar-refractivity contribution in [1.82, 2.24) is 10.0 Å². The van der Waals surface area contributed by atoms with Gasteiger partial charge in [0.25, 0.3) is 5.91 Å². The van der Waals surface area contributed by atoms with Crippen LogP contribution in [-0.2, 0) is 27.8 Å². The molecule has 5 N–H and O–H groups in total. The number of rotatable bonds is 6. The fourth-order valence-electron chi connectivity index (χ4n) is 5.34. The molecule has 0 radical (unpaired) electrons. The number of carbonyl (C=O) groups is 2. The van der Waals surface area contributed by atoms with E-state index in [0.717, 1.165) is 17.2 Å². The van der Waals surface area contributed by atoms with Gasteiger partial charge in [0.15, 0.2) is 0 Å². The number of benzene rings is 2. The number of carbonyl (C=O) groups excluding carboxylic acids is 2. The minimum Gasteiger partial charge on any atom is -0.384 e. The molecule has 1 aromatic heterocycles. The lowest BCUT2D eigenvalue weighted by Gasteiger charge is -2.26. The van der Waals surface area contributed by atoms with Gasteiger partial charge in [0, 0.05) is 54.3 Å². The monoisotopic (exact) mass is 608 g/mol. The van der Waals surface area contributed by atoms with E-state index in [1.165, 1.54) is 30.5 Å². The van der Waals surface area contributed by atoms with Crippen LogP contribution in [0.15, 0.2) is 79.0 Å². The maximum absolute atomic E-state index is 13.2. The van der Waals surface area contributed by atoms with E-state index in [2.05, 4.69) is 15.6 Å². The molecule has 0 aliphatic carbocycles. The molecular weight excluding hydrogens is 577 g/mol. The second-order valence-electron chi connectivity index (χ2n) is 10.8. The van der Waals surface area contributed by atoms with E-state index in [1.807, 2.05) is 0 Å². The highest BCUT2D eigenvalue weighted by molar-refractivity contribution is 6.03. The Balaban J connectivity index is 1.41. The Morgan fingerprint density at radius 2 is 1.82 bits per heavy atom. The Morgan fingerprint density at radius 3 is 2.52 bits per heavy atom. The number of halogens is 3. The minimum absolute atomic E-state index is 0.0374. The first kappa shape index (κ1) is 31.1. The van der Waals surface area contributed by atoms with E-state index < -0.39 is 35.3 Å². The summed E-state index contributed by atoms with van der Waals surface area (Å²) >= 11 is 0. The number of amides is 2. The number of pyridine rings is 1. The van der Waals surface area contributed by atoms with E-state index in [1.54, 1.807) is 36.4 Å². The number of aliphatic hydroxyl groups excluding tert-OH is 1. The van der Waals surface area contributed by atoms with Crippen LogP contribution in [0, 0.1) is 0 Å². The van der Waals surface area contributed by atoms with Crippen LogP contribution in [0.5, 0.6) is 0 Å². The predicted octanol–water partition coefficient (Wildman–Crippen LogP) is 4.65. The molecular formula is C32H31F3N4O5. The van der Waals surface area contributed by atoms with Crippen molar-refractivity contribution < 1.29 is 38.2 Å². The van der Waals surface area contributed by atoms with Gasteiger partial charge in [-0.15, -0.1) is 0 Å². The molecule has 1 fully saturated rings. The molecule has 2 aliphatic rings. The molecule has 3 heterocycles. The average Bonchev–Trinajstić information content (AvgIpc) is 3.17. The van der Waals surface area contributed by atoms with Gasteiger partial charge in [-0.05, 0) is 60.7 Å². The zero-order valence-corrected chi connectivity index (χ0v) is 23.5. The summed E-state index contributed by atoms with van der Waals surface area (Å²) in [5, 5.41) is 37.5. The number of fused-ring (bicyclic) bond motifs is 1.